The van der Waals surface area contributed by atoms with E-state index in [1.54, 1.807) is 11.8 Å². The van der Waals surface area contributed by atoms with Gasteiger partial charge in [0, 0.05) is 6.04 Å². The van der Waals surface area contributed by atoms with E-state index in [0.717, 1.165) is 23.5 Å². The van der Waals surface area contributed by atoms with Gasteiger partial charge in [-0.3, -0.25) is 4.79 Å². The maximum atomic E-state index is 11.6. The van der Waals surface area contributed by atoms with Gasteiger partial charge in [0.1, 0.15) is 0 Å². The molecule has 0 aliphatic rings. The second kappa shape index (κ2) is 6.30. The van der Waals surface area contributed by atoms with Crippen LogP contribution in [0.15, 0.2) is 0 Å². The van der Waals surface area contributed by atoms with Gasteiger partial charge in [0.15, 0.2) is 0 Å². The third-order valence-corrected chi connectivity index (χ3v) is 3.39. The number of amides is 1. The number of hydrogen-bond donors (Lipinski definition) is 1. The molecule has 0 aliphatic heterocycles. The fourth-order valence-corrected chi connectivity index (χ4v) is 2.27. The van der Waals surface area contributed by atoms with Crippen molar-refractivity contribution >= 4 is 40.6 Å². The molecule has 1 N–H and O–H groups in total. The zero-order chi connectivity index (χ0) is 11.3. The smallest absolute Gasteiger partial charge is 0.282 e. The van der Waals surface area contributed by atoms with Crippen molar-refractivity contribution in [2.24, 2.45) is 0 Å². The van der Waals surface area contributed by atoms with Gasteiger partial charge in [-0.15, -0.1) is 10.2 Å². The van der Waals surface area contributed by atoms with Crippen molar-refractivity contribution < 1.29 is 4.79 Å². The lowest BCUT2D eigenvalue weighted by Crippen LogP contribution is -2.32. The first-order valence-corrected chi connectivity index (χ1v) is 7.01. The first kappa shape index (κ1) is 12.7. The number of nitrogens with zero attached hydrogens (tertiary/aromatic N) is 2. The second-order valence-electron chi connectivity index (χ2n) is 3.02. The Morgan fingerprint density at radius 3 is 2.93 bits per heavy atom. The largest absolute Gasteiger partial charge is 0.347 e. The Bertz CT molecular complexity index is 331. The summed E-state index contributed by atoms with van der Waals surface area (Å²) < 4.78 is 0.289. The highest BCUT2D eigenvalue weighted by atomic mass is 35.5. The number of carbonyl (C=O) groups is 1. The molecule has 1 rings (SSSR count). The summed E-state index contributed by atoms with van der Waals surface area (Å²) in [7, 11) is 0. The van der Waals surface area contributed by atoms with Crippen molar-refractivity contribution in [3.8, 4) is 0 Å². The molecule has 84 valence electrons. The summed E-state index contributed by atoms with van der Waals surface area (Å²) in [6, 6.07) is 0.146. The van der Waals surface area contributed by atoms with Gasteiger partial charge >= 0.3 is 0 Å². The highest BCUT2D eigenvalue weighted by Gasteiger charge is 2.13. The molecule has 0 radical (unpaired) electrons. The van der Waals surface area contributed by atoms with Crippen molar-refractivity contribution in [1.29, 1.82) is 0 Å². The molecule has 1 amide bonds. The van der Waals surface area contributed by atoms with Gasteiger partial charge in [0.2, 0.25) is 9.47 Å². The molecule has 0 bridgehead atoms. The van der Waals surface area contributed by atoms with E-state index in [1.165, 1.54) is 0 Å². The summed E-state index contributed by atoms with van der Waals surface area (Å²) >= 11 is 8.43. The minimum Gasteiger partial charge on any atom is -0.347 e. The second-order valence-corrected chi connectivity index (χ2v) is 5.56. The zero-order valence-corrected chi connectivity index (χ0v) is 10.9. The van der Waals surface area contributed by atoms with E-state index < -0.39 is 0 Å². The lowest BCUT2D eigenvalue weighted by atomic mass is 10.2. The Hall–Kier alpha value is -0.330. The van der Waals surface area contributed by atoms with Gasteiger partial charge in [-0.2, -0.15) is 11.8 Å². The third-order valence-electron chi connectivity index (χ3n) is 1.73. The Morgan fingerprint density at radius 1 is 1.67 bits per heavy atom. The van der Waals surface area contributed by atoms with Crippen LogP contribution in [-0.4, -0.2) is 34.2 Å². The van der Waals surface area contributed by atoms with Crippen LogP contribution in [0.3, 0.4) is 0 Å². The molecule has 0 fully saturated rings. The van der Waals surface area contributed by atoms with E-state index in [-0.39, 0.29) is 16.4 Å². The molecule has 1 atom stereocenters. The Balaban J connectivity index is 2.42. The van der Waals surface area contributed by atoms with E-state index in [4.69, 9.17) is 11.6 Å². The van der Waals surface area contributed by atoms with E-state index in [1.807, 2.05) is 13.2 Å². The van der Waals surface area contributed by atoms with Crippen molar-refractivity contribution in [3.05, 3.63) is 9.47 Å². The van der Waals surface area contributed by atoms with Crippen LogP contribution in [0.2, 0.25) is 4.47 Å². The predicted octanol–water partition coefficient (Wildman–Crippen LogP) is 2.06. The molecule has 0 saturated carbocycles. The molecule has 0 aromatic carbocycles. The maximum absolute atomic E-state index is 11.6. The summed E-state index contributed by atoms with van der Waals surface area (Å²) in [4.78, 5) is 11.6. The number of thioether (sulfide) groups is 1. The van der Waals surface area contributed by atoms with Crippen molar-refractivity contribution in [2.45, 2.75) is 19.4 Å². The van der Waals surface area contributed by atoms with Crippen LogP contribution >= 0.6 is 34.7 Å². The van der Waals surface area contributed by atoms with Crippen molar-refractivity contribution in [1.82, 2.24) is 15.5 Å². The Labute approximate surface area is 102 Å². The zero-order valence-electron chi connectivity index (χ0n) is 8.49. The fourth-order valence-electron chi connectivity index (χ4n) is 0.949. The lowest BCUT2D eigenvalue weighted by Gasteiger charge is -2.11. The molecule has 1 unspecified atom stereocenters. The number of carbonyl (C=O) groups excluding carboxylic acids is 1. The van der Waals surface area contributed by atoms with E-state index >= 15 is 0 Å². The minimum atomic E-state index is -0.201. The monoisotopic (exact) mass is 265 g/mol. The topological polar surface area (TPSA) is 54.9 Å². The van der Waals surface area contributed by atoms with Gasteiger partial charge in [0.05, 0.1) is 0 Å². The first-order chi connectivity index (χ1) is 7.13. The molecular formula is C8H12ClN3OS2. The SMILES string of the molecule is CSCCC(C)NC(=O)c1nnc(Cl)s1. The number of nitrogens with one attached hydrogen (secondary N) is 1. The summed E-state index contributed by atoms with van der Waals surface area (Å²) in [5.41, 5.74) is 0. The predicted molar refractivity (Wildman–Crippen MR) is 64.8 cm³/mol. The van der Waals surface area contributed by atoms with E-state index in [0.29, 0.717) is 5.01 Å². The first-order valence-electron chi connectivity index (χ1n) is 4.42. The molecule has 1 aromatic rings. The van der Waals surface area contributed by atoms with Crippen molar-refractivity contribution in [3.63, 3.8) is 0 Å². The fraction of sp³-hybridized carbons (Fsp3) is 0.625. The molecule has 15 heavy (non-hydrogen) atoms. The van der Waals surface area contributed by atoms with Gasteiger partial charge in [-0.05, 0) is 37.0 Å². The van der Waals surface area contributed by atoms with Crippen LogP contribution in [-0.2, 0) is 0 Å². The molecule has 0 aliphatic carbocycles. The number of aromatic nitrogens is 2. The number of halogens is 1. The molecule has 7 heteroatoms. The lowest BCUT2D eigenvalue weighted by molar-refractivity contribution is 0.0938. The molecule has 4 nitrogen and oxygen atoms in total. The Morgan fingerprint density at radius 2 is 2.40 bits per heavy atom. The standard InChI is InChI=1S/C8H12ClN3OS2/c1-5(3-4-14-2)10-6(13)7-11-12-8(9)15-7/h5H,3-4H2,1-2H3,(H,10,13). The molecular weight excluding hydrogens is 254 g/mol. The highest BCUT2D eigenvalue weighted by Crippen LogP contribution is 2.14. The summed E-state index contributed by atoms with van der Waals surface area (Å²) in [6.45, 7) is 1.97. The van der Waals surface area contributed by atoms with Gasteiger partial charge < -0.3 is 5.32 Å². The van der Waals surface area contributed by atoms with Gasteiger partial charge in [0.25, 0.3) is 5.91 Å². The van der Waals surface area contributed by atoms with Crippen LogP contribution in [0.5, 0.6) is 0 Å². The van der Waals surface area contributed by atoms with Gasteiger partial charge in [-0.1, -0.05) is 11.3 Å². The van der Waals surface area contributed by atoms with Crippen LogP contribution in [0.25, 0.3) is 0 Å². The summed E-state index contributed by atoms with van der Waals surface area (Å²) in [6.07, 6.45) is 2.98. The van der Waals surface area contributed by atoms with Crippen LogP contribution < -0.4 is 5.32 Å². The number of rotatable bonds is 5. The maximum Gasteiger partial charge on any atom is 0.282 e. The van der Waals surface area contributed by atoms with Crippen LogP contribution in [0, 0.1) is 0 Å². The quantitative estimate of drug-likeness (QED) is 0.886. The average Bonchev–Trinajstić information content (AvgIpc) is 2.61. The van der Waals surface area contributed by atoms with Crippen LogP contribution in [0.1, 0.15) is 23.1 Å². The molecule has 0 spiro atoms. The average molecular weight is 266 g/mol. The van der Waals surface area contributed by atoms with E-state index in [9.17, 15) is 4.79 Å². The number of hydrogen-bond acceptors (Lipinski definition) is 5. The molecule has 1 aromatic heterocycles. The summed E-state index contributed by atoms with van der Waals surface area (Å²) in [5.74, 6) is 0.825. The third kappa shape index (κ3) is 4.36. The van der Waals surface area contributed by atoms with Gasteiger partial charge in [-0.25, -0.2) is 0 Å². The summed E-state index contributed by atoms with van der Waals surface area (Å²) in [5, 5.41) is 10.4. The molecule has 0 saturated heterocycles. The minimum absolute atomic E-state index is 0.146. The Kier molecular flexibility index (Phi) is 5.35. The van der Waals surface area contributed by atoms with E-state index in [2.05, 4.69) is 15.5 Å². The molecule has 1 heterocycles. The normalized spacial score (nSPS) is 12.5. The van der Waals surface area contributed by atoms with Crippen LogP contribution in [0.4, 0.5) is 0 Å². The van der Waals surface area contributed by atoms with Crippen molar-refractivity contribution in [2.75, 3.05) is 12.0 Å². The highest BCUT2D eigenvalue weighted by molar-refractivity contribution is 7.98.